The summed E-state index contributed by atoms with van der Waals surface area (Å²) < 4.78 is 0. The molecule has 0 unspecified atom stereocenters. The van der Waals surface area contributed by atoms with Crippen LogP contribution in [-0.4, -0.2) is 10.2 Å². The summed E-state index contributed by atoms with van der Waals surface area (Å²) in [5.41, 5.74) is 9.64. The summed E-state index contributed by atoms with van der Waals surface area (Å²) in [6.45, 7) is 2.05. The number of aromatic amines is 1. The van der Waals surface area contributed by atoms with Crippen molar-refractivity contribution in [2.24, 2.45) is 0 Å². The Labute approximate surface area is 76.6 Å². The number of aromatic nitrogens is 2. The van der Waals surface area contributed by atoms with E-state index >= 15 is 0 Å². The number of hydrogen-bond donors (Lipinski definition) is 2. The fourth-order valence-corrected chi connectivity index (χ4v) is 1.36. The summed E-state index contributed by atoms with van der Waals surface area (Å²) >= 11 is 0. The molecule has 2 rings (SSSR count). The maximum Gasteiger partial charge on any atom is 0.0882 e. The second kappa shape index (κ2) is 2.94. The van der Waals surface area contributed by atoms with Gasteiger partial charge >= 0.3 is 0 Å². The number of rotatable bonds is 1. The first-order valence-corrected chi connectivity index (χ1v) is 4.14. The Hall–Kier alpha value is -1.77. The lowest BCUT2D eigenvalue weighted by Gasteiger charge is -2.02. The Bertz CT molecular complexity index is 418. The van der Waals surface area contributed by atoms with E-state index in [-0.39, 0.29) is 0 Å². The molecule has 0 fully saturated rings. The lowest BCUT2D eigenvalue weighted by molar-refractivity contribution is 1.09. The maximum absolute atomic E-state index is 5.75. The van der Waals surface area contributed by atoms with Crippen LogP contribution in [0.25, 0.3) is 11.3 Å². The van der Waals surface area contributed by atoms with Gasteiger partial charge in [0.1, 0.15) is 0 Å². The topological polar surface area (TPSA) is 54.7 Å². The molecular weight excluding hydrogens is 162 g/mol. The lowest BCUT2D eigenvalue weighted by atomic mass is 10.1. The van der Waals surface area contributed by atoms with Gasteiger partial charge in [-0.2, -0.15) is 5.10 Å². The van der Waals surface area contributed by atoms with Crippen molar-refractivity contribution in [1.29, 1.82) is 0 Å². The number of nitrogen functional groups attached to an aromatic ring is 1. The summed E-state index contributed by atoms with van der Waals surface area (Å²) in [4.78, 5) is 0. The molecule has 66 valence electrons. The summed E-state index contributed by atoms with van der Waals surface area (Å²) in [6, 6.07) is 8.07. The molecule has 0 spiro atoms. The first-order valence-electron chi connectivity index (χ1n) is 4.14. The normalized spacial score (nSPS) is 10.2. The van der Waals surface area contributed by atoms with Crippen molar-refractivity contribution in [3.63, 3.8) is 0 Å². The first-order chi connectivity index (χ1) is 6.29. The molecule has 3 N–H and O–H groups in total. The minimum atomic E-state index is 0.689. The highest BCUT2D eigenvalue weighted by Crippen LogP contribution is 2.25. The molecule has 0 radical (unpaired) electrons. The molecule has 0 bridgehead atoms. The molecule has 1 heterocycles. The van der Waals surface area contributed by atoms with Gasteiger partial charge in [-0.1, -0.05) is 24.3 Å². The van der Waals surface area contributed by atoms with Crippen LogP contribution in [-0.2, 0) is 0 Å². The molecule has 0 saturated carbocycles. The molecular formula is C10H11N3. The van der Waals surface area contributed by atoms with Crippen molar-refractivity contribution in [3.05, 3.63) is 36.0 Å². The van der Waals surface area contributed by atoms with E-state index in [1.807, 2.05) is 18.2 Å². The SMILES string of the molecule is Cc1ccccc1-c1[nH]ncc1N. The van der Waals surface area contributed by atoms with Crippen LogP contribution in [0.15, 0.2) is 30.5 Å². The fraction of sp³-hybridized carbons (Fsp3) is 0.100. The summed E-state index contributed by atoms with van der Waals surface area (Å²) in [6.07, 6.45) is 1.63. The predicted molar refractivity (Wildman–Crippen MR) is 53.2 cm³/mol. The third-order valence-corrected chi connectivity index (χ3v) is 2.08. The number of aryl methyl sites for hydroxylation is 1. The van der Waals surface area contributed by atoms with Crippen molar-refractivity contribution >= 4 is 5.69 Å². The second-order valence-electron chi connectivity index (χ2n) is 3.02. The van der Waals surface area contributed by atoms with Crippen molar-refractivity contribution < 1.29 is 0 Å². The van der Waals surface area contributed by atoms with Gasteiger partial charge in [-0.3, -0.25) is 5.10 Å². The summed E-state index contributed by atoms with van der Waals surface area (Å²) in [5, 5.41) is 6.78. The first kappa shape index (κ1) is 7.86. The molecule has 1 aromatic heterocycles. The zero-order valence-corrected chi connectivity index (χ0v) is 7.41. The second-order valence-corrected chi connectivity index (χ2v) is 3.02. The van der Waals surface area contributed by atoms with E-state index in [9.17, 15) is 0 Å². The lowest BCUT2D eigenvalue weighted by Crippen LogP contribution is -1.88. The molecule has 0 amide bonds. The number of anilines is 1. The highest BCUT2D eigenvalue weighted by molar-refractivity contribution is 5.74. The molecule has 0 atom stereocenters. The van der Waals surface area contributed by atoms with Crippen molar-refractivity contribution in [1.82, 2.24) is 10.2 Å². The Morgan fingerprint density at radius 3 is 2.69 bits per heavy atom. The number of hydrogen-bond acceptors (Lipinski definition) is 2. The van der Waals surface area contributed by atoms with E-state index in [0.29, 0.717) is 5.69 Å². The Balaban J connectivity index is 2.59. The third-order valence-electron chi connectivity index (χ3n) is 2.08. The zero-order valence-electron chi connectivity index (χ0n) is 7.41. The highest BCUT2D eigenvalue weighted by Gasteiger charge is 2.05. The standard InChI is InChI=1S/C10H11N3/c1-7-4-2-3-5-8(7)10-9(11)6-12-13-10/h2-6H,11H2,1H3,(H,12,13). The Morgan fingerprint density at radius 2 is 2.08 bits per heavy atom. The quantitative estimate of drug-likeness (QED) is 0.692. The van der Waals surface area contributed by atoms with Crippen LogP contribution in [0.4, 0.5) is 5.69 Å². The zero-order chi connectivity index (χ0) is 9.26. The monoisotopic (exact) mass is 173 g/mol. The van der Waals surface area contributed by atoms with E-state index in [4.69, 9.17) is 5.73 Å². The number of benzene rings is 1. The highest BCUT2D eigenvalue weighted by atomic mass is 15.1. The van der Waals surface area contributed by atoms with Crippen LogP contribution < -0.4 is 5.73 Å². The van der Waals surface area contributed by atoms with Crippen LogP contribution >= 0.6 is 0 Å². The van der Waals surface area contributed by atoms with Gasteiger partial charge in [-0.15, -0.1) is 0 Å². The van der Waals surface area contributed by atoms with Gasteiger partial charge in [0.2, 0.25) is 0 Å². The van der Waals surface area contributed by atoms with Crippen LogP contribution in [0.5, 0.6) is 0 Å². The van der Waals surface area contributed by atoms with Crippen molar-refractivity contribution in [2.75, 3.05) is 5.73 Å². The minimum Gasteiger partial charge on any atom is -0.396 e. The van der Waals surface area contributed by atoms with Gasteiger partial charge in [-0.25, -0.2) is 0 Å². The number of nitrogens with one attached hydrogen (secondary N) is 1. The van der Waals surface area contributed by atoms with Crippen LogP contribution in [0.2, 0.25) is 0 Å². The van der Waals surface area contributed by atoms with Gasteiger partial charge in [0, 0.05) is 5.56 Å². The predicted octanol–water partition coefficient (Wildman–Crippen LogP) is 1.97. The van der Waals surface area contributed by atoms with Crippen LogP contribution in [0.1, 0.15) is 5.56 Å². The maximum atomic E-state index is 5.75. The van der Waals surface area contributed by atoms with Gasteiger partial charge in [0.05, 0.1) is 17.6 Å². The van der Waals surface area contributed by atoms with E-state index < -0.39 is 0 Å². The Kier molecular flexibility index (Phi) is 1.77. The Morgan fingerprint density at radius 1 is 1.31 bits per heavy atom. The van der Waals surface area contributed by atoms with Crippen LogP contribution in [0.3, 0.4) is 0 Å². The average molecular weight is 173 g/mol. The van der Waals surface area contributed by atoms with Crippen molar-refractivity contribution in [3.8, 4) is 11.3 Å². The van der Waals surface area contributed by atoms with E-state index in [0.717, 1.165) is 11.3 Å². The van der Waals surface area contributed by atoms with Gasteiger partial charge in [-0.05, 0) is 12.5 Å². The van der Waals surface area contributed by atoms with Gasteiger partial charge < -0.3 is 5.73 Å². The molecule has 1 aromatic carbocycles. The van der Waals surface area contributed by atoms with Gasteiger partial charge in [0.15, 0.2) is 0 Å². The molecule has 3 heteroatoms. The van der Waals surface area contributed by atoms with E-state index in [1.165, 1.54) is 5.56 Å². The summed E-state index contributed by atoms with van der Waals surface area (Å²) in [5.74, 6) is 0. The van der Waals surface area contributed by atoms with E-state index in [1.54, 1.807) is 6.20 Å². The molecule has 0 saturated heterocycles. The fourth-order valence-electron chi connectivity index (χ4n) is 1.36. The van der Waals surface area contributed by atoms with E-state index in [2.05, 4.69) is 23.2 Å². The number of nitrogens with two attached hydrogens (primary N) is 1. The average Bonchev–Trinajstić information content (AvgIpc) is 2.52. The molecule has 13 heavy (non-hydrogen) atoms. The van der Waals surface area contributed by atoms with Crippen LogP contribution in [0, 0.1) is 6.92 Å². The number of H-pyrrole nitrogens is 1. The van der Waals surface area contributed by atoms with Crippen molar-refractivity contribution in [2.45, 2.75) is 6.92 Å². The summed E-state index contributed by atoms with van der Waals surface area (Å²) in [7, 11) is 0. The molecule has 0 aliphatic carbocycles. The number of nitrogens with zero attached hydrogens (tertiary/aromatic N) is 1. The van der Waals surface area contributed by atoms with Gasteiger partial charge in [0.25, 0.3) is 0 Å². The minimum absolute atomic E-state index is 0.689. The largest absolute Gasteiger partial charge is 0.396 e. The molecule has 3 nitrogen and oxygen atoms in total. The molecule has 0 aliphatic rings. The molecule has 2 aromatic rings. The third kappa shape index (κ3) is 1.28. The molecule has 0 aliphatic heterocycles. The smallest absolute Gasteiger partial charge is 0.0882 e.